The molecule has 2 aliphatic heterocycles. The molecule has 37 heavy (non-hydrogen) atoms. The van der Waals surface area contributed by atoms with Crippen LogP contribution in [0, 0.1) is 6.92 Å². The number of rotatable bonds is 5. The number of hydrogen-bond donors (Lipinski definition) is 1. The zero-order valence-corrected chi connectivity index (χ0v) is 23.4. The largest absolute Gasteiger partial charge is 0.487 e. The number of likely N-dealkylation sites (tertiary alicyclic amines) is 1. The Hall–Kier alpha value is -2.64. The molecule has 0 unspecified atom stereocenters. The molecule has 0 radical (unpaired) electrons. The molecule has 2 heterocycles. The smallest absolute Gasteiger partial charge is 0.410 e. The first-order chi connectivity index (χ1) is 17.5. The summed E-state index contributed by atoms with van der Waals surface area (Å²) in [5.74, 6) is 0.326. The van der Waals surface area contributed by atoms with Crippen LogP contribution in [0.25, 0.3) is 0 Å². The zero-order chi connectivity index (χ0) is 26.7. The van der Waals surface area contributed by atoms with Crippen molar-refractivity contribution >= 4 is 46.6 Å². The lowest BCUT2D eigenvalue weighted by molar-refractivity contribution is -0.122. The van der Waals surface area contributed by atoms with E-state index in [2.05, 4.69) is 16.3 Å². The van der Waals surface area contributed by atoms with Gasteiger partial charge in [0.1, 0.15) is 23.5 Å². The Bertz CT molecular complexity index is 1150. The average molecular weight is 549 g/mol. The van der Waals surface area contributed by atoms with Gasteiger partial charge in [0.25, 0.3) is 0 Å². The quantitative estimate of drug-likeness (QED) is 0.451. The molecular weight excluding hydrogens is 513 g/mol. The number of carbonyl (C=O) groups is 2. The number of amides is 2. The minimum absolute atomic E-state index is 0.00134. The van der Waals surface area contributed by atoms with Crippen LogP contribution in [-0.4, -0.2) is 54.3 Å². The summed E-state index contributed by atoms with van der Waals surface area (Å²) in [5, 5.41) is 4.09. The summed E-state index contributed by atoms with van der Waals surface area (Å²) in [6.07, 6.45) is 2.71. The van der Waals surface area contributed by atoms with Crippen molar-refractivity contribution < 1.29 is 19.1 Å². The lowest BCUT2D eigenvalue weighted by Gasteiger charge is -2.35. The van der Waals surface area contributed by atoms with Gasteiger partial charge < -0.3 is 19.7 Å². The topological polar surface area (TPSA) is 71.1 Å². The van der Waals surface area contributed by atoms with Crippen LogP contribution in [0.1, 0.15) is 52.0 Å². The highest BCUT2D eigenvalue weighted by Gasteiger charge is 2.35. The second-order valence-electron chi connectivity index (χ2n) is 10.7. The number of ether oxygens (including phenoxy) is 2. The van der Waals surface area contributed by atoms with Crippen molar-refractivity contribution in [1.29, 1.82) is 0 Å². The Morgan fingerprint density at radius 3 is 2.49 bits per heavy atom. The zero-order valence-electron chi connectivity index (χ0n) is 21.9. The Labute approximate surface area is 229 Å². The van der Waals surface area contributed by atoms with Crippen molar-refractivity contribution in [2.45, 2.75) is 71.1 Å². The van der Waals surface area contributed by atoms with E-state index in [1.165, 1.54) is 4.90 Å². The fourth-order valence-electron chi connectivity index (χ4n) is 4.71. The van der Waals surface area contributed by atoms with Gasteiger partial charge in [-0.25, -0.2) is 4.79 Å². The molecule has 0 bridgehead atoms. The van der Waals surface area contributed by atoms with Crippen molar-refractivity contribution in [1.82, 2.24) is 4.90 Å². The van der Waals surface area contributed by atoms with Crippen LogP contribution in [0.4, 0.5) is 16.2 Å². The molecule has 2 amide bonds. The molecule has 4 rings (SSSR count). The third-order valence-electron chi connectivity index (χ3n) is 6.58. The Morgan fingerprint density at radius 1 is 1.00 bits per heavy atom. The number of piperidine rings is 1. The van der Waals surface area contributed by atoms with Gasteiger partial charge in [-0.05, 0) is 88.9 Å². The van der Waals surface area contributed by atoms with E-state index in [0.717, 1.165) is 48.6 Å². The van der Waals surface area contributed by atoms with Gasteiger partial charge in [0.15, 0.2) is 0 Å². The summed E-state index contributed by atoms with van der Waals surface area (Å²) in [7, 11) is 0. The van der Waals surface area contributed by atoms with Gasteiger partial charge in [-0.15, -0.1) is 0 Å². The van der Waals surface area contributed by atoms with Crippen LogP contribution >= 0.6 is 23.2 Å². The molecule has 9 heteroatoms. The van der Waals surface area contributed by atoms with E-state index in [0.29, 0.717) is 29.4 Å². The van der Waals surface area contributed by atoms with Crippen LogP contribution in [0.5, 0.6) is 5.75 Å². The maximum atomic E-state index is 13.1. The van der Waals surface area contributed by atoms with Gasteiger partial charge in [-0.1, -0.05) is 23.2 Å². The molecule has 2 saturated heterocycles. The minimum Gasteiger partial charge on any atom is -0.487 e. The molecule has 2 fully saturated rings. The highest BCUT2D eigenvalue weighted by Crippen LogP contribution is 2.32. The Morgan fingerprint density at radius 2 is 1.78 bits per heavy atom. The Kier molecular flexibility index (Phi) is 8.44. The Balaban J connectivity index is 1.36. The number of anilines is 2. The second kappa shape index (κ2) is 11.4. The third kappa shape index (κ3) is 7.02. The molecule has 2 aromatic carbocycles. The number of nitrogens with one attached hydrogen (secondary N) is 1. The monoisotopic (exact) mass is 547 g/mol. The van der Waals surface area contributed by atoms with Crippen molar-refractivity contribution in [3.8, 4) is 5.75 Å². The fraction of sp³-hybridized carbons (Fsp3) is 0.500. The number of aryl methyl sites for hydroxylation is 1. The van der Waals surface area contributed by atoms with Gasteiger partial charge in [0, 0.05) is 35.9 Å². The SMILES string of the molecule is Cc1cc(N2CC[C@H](Oc3ccc(NC(=O)[C@H]4CCCCN4C(=O)OC(C)(C)C)cc3Cl)C2)ccc1Cl. The summed E-state index contributed by atoms with van der Waals surface area (Å²) in [4.78, 5) is 29.6. The second-order valence-corrected chi connectivity index (χ2v) is 11.5. The first-order valence-corrected chi connectivity index (χ1v) is 13.5. The highest BCUT2D eigenvalue weighted by molar-refractivity contribution is 6.32. The van der Waals surface area contributed by atoms with E-state index >= 15 is 0 Å². The van der Waals surface area contributed by atoms with Crippen LogP contribution in [-0.2, 0) is 9.53 Å². The van der Waals surface area contributed by atoms with E-state index in [4.69, 9.17) is 32.7 Å². The molecule has 0 saturated carbocycles. The molecule has 7 nitrogen and oxygen atoms in total. The van der Waals surface area contributed by atoms with Gasteiger partial charge in [0.2, 0.25) is 5.91 Å². The predicted molar refractivity (Wildman–Crippen MR) is 148 cm³/mol. The summed E-state index contributed by atoms with van der Waals surface area (Å²) in [6.45, 7) is 9.57. The fourth-order valence-corrected chi connectivity index (χ4v) is 5.05. The van der Waals surface area contributed by atoms with Crippen molar-refractivity contribution in [3.05, 3.63) is 52.0 Å². The maximum absolute atomic E-state index is 13.1. The van der Waals surface area contributed by atoms with E-state index < -0.39 is 17.7 Å². The van der Waals surface area contributed by atoms with Gasteiger partial charge in [-0.3, -0.25) is 9.69 Å². The van der Waals surface area contributed by atoms with E-state index in [1.54, 1.807) is 18.2 Å². The summed E-state index contributed by atoms with van der Waals surface area (Å²) >= 11 is 12.7. The maximum Gasteiger partial charge on any atom is 0.410 e. The van der Waals surface area contributed by atoms with Crippen LogP contribution < -0.4 is 15.0 Å². The molecule has 2 aromatic rings. The van der Waals surface area contributed by atoms with Crippen molar-refractivity contribution in [2.24, 2.45) is 0 Å². The van der Waals surface area contributed by atoms with E-state index in [-0.39, 0.29) is 12.0 Å². The van der Waals surface area contributed by atoms with Crippen molar-refractivity contribution in [3.63, 3.8) is 0 Å². The first kappa shape index (κ1) is 27.4. The normalized spacial score (nSPS) is 20.1. The molecular formula is C28H35Cl2N3O4. The molecule has 2 aliphatic rings. The molecule has 200 valence electrons. The first-order valence-electron chi connectivity index (χ1n) is 12.8. The van der Waals surface area contributed by atoms with Crippen molar-refractivity contribution in [2.75, 3.05) is 29.9 Å². The average Bonchev–Trinajstić information content (AvgIpc) is 3.30. The minimum atomic E-state index is -0.622. The number of benzene rings is 2. The van der Waals surface area contributed by atoms with E-state index in [9.17, 15) is 9.59 Å². The molecule has 2 atom stereocenters. The predicted octanol–water partition coefficient (Wildman–Crippen LogP) is 6.69. The molecule has 0 aliphatic carbocycles. The number of halogens is 2. The highest BCUT2D eigenvalue weighted by atomic mass is 35.5. The van der Waals surface area contributed by atoms with Gasteiger partial charge in [-0.2, -0.15) is 0 Å². The number of nitrogens with zero attached hydrogens (tertiary/aromatic N) is 2. The van der Waals surface area contributed by atoms with Crippen LogP contribution in [0.2, 0.25) is 10.0 Å². The lowest BCUT2D eigenvalue weighted by Crippen LogP contribution is -2.51. The molecule has 0 spiro atoms. The lowest BCUT2D eigenvalue weighted by atomic mass is 10.0. The van der Waals surface area contributed by atoms with Gasteiger partial charge in [0.05, 0.1) is 11.6 Å². The summed E-state index contributed by atoms with van der Waals surface area (Å²) in [6, 6.07) is 10.7. The summed E-state index contributed by atoms with van der Waals surface area (Å²) in [5.41, 5.74) is 2.11. The summed E-state index contributed by atoms with van der Waals surface area (Å²) < 4.78 is 11.7. The molecule has 1 N–H and O–H groups in total. The van der Waals surface area contributed by atoms with E-state index in [1.807, 2.05) is 39.8 Å². The number of carbonyl (C=O) groups excluding carboxylic acids is 2. The van der Waals surface area contributed by atoms with Gasteiger partial charge >= 0.3 is 6.09 Å². The van der Waals surface area contributed by atoms with Crippen LogP contribution in [0.3, 0.4) is 0 Å². The standard InChI is InChI=1S/C28H35Cl2N3O4/c1-18-15-20(9-10-22(18)29)32-14-12-21(17-32)36-25-11-8-19(16-23(25)30)31-26(34)24-7-5-6-13-33(24)27(35)37-28(2,3)4/h8-11,15-16,21,24H,5-7,12-14,17H2,1-4H3,(H,31,34)/t21-,24+/m0/s1. The number of hydrogen-bond acceptors (Lipinski definition) is 5. The third-order valence-corrected chi connectivity index (χ3v) is 7.30. The molecule has 0 aromatic heterocycles. The van der Waals surface area contributed by atoms with Crippen LogP contribution in [0.15, 0.2) is 36.4 Å².